The Morgan fingerprint density at radius 3 is 2.59 bits per heavy atom. The summed E-state index contributed by atoms with van der Waals surface area (Å²) < 4.78 is 7.47. The van der Waals surface area contributed by atoms with Crippen molar-refractivity contribution in [2.45, 2.75) is 37.9 Å². The molecule has 27 heavy (non-hydrogen) atoms. The maximum atomic E-state index is 12.3. The molecule has 1 aromatic carbocycles. The van der Waals surface area contributed by atoms with E-state index in [0.29, 0.717) is 24.1 Å². The normalized spacial score (nSPS) is 15.0. The lowest BCUT2D eigenvalue weighted by atomic mass is 10.0. The molecule has 1 amide bonds. The molecule has 1 aliphatic rings. The van der Waals surface area contributed by atoms with E-state index in [-0.39, 0.29) is 11.4 Å². The van der Waals surface area contributed by atoms with Crippen LogP contribution in [0.1, 0.15) is 27.2 Å². The summed E-state index contributed by atoms with van der Waals surface area (Å²) >= 11 is 1.41. The topological polar surface area (TPSA) is 72.3 Å². The smallest absolute Gasteiger partial charge is 0.232 e. The lowest BCUT2D eigenvalue weighted by Gasteiger charge is -2.28. The molecule has 1 saturated heterocycles. The van der Waals surface area contributed by atoms with Gasteiger partial charge in [0.15, 0.2) is 5.16 Å². The molecule has 2 aromatic rings. The van der Waals surface area contributed by atoms with Crippen LogP contribution in [-0.4, -0.2) is 58.3 Å². The van der Waals surface area contributed by atoms with Gasteiger partial charge < -0.3 is 15.0 Å². The van der Waals surface area contributed by atoms with Crippen LogP contribution in [0.4, 0.5) is 5.95 Å². The molecule has 7 nitrogen and oxygen atoms in total. The van der Waals surface area contributed by atoms with E-state index in [1.165, 1.54) is 11.8 Å². The van der Waals surface area contributed by atoms with Crippen LogP contribution in [0, 0.1) is 0 Å². The largest absolute Gasteiger partial charge is 0.378 e. The number of carbonyl (C=O) groups is 1. The molecular formula is C19H27N5O2S. The van der Waals surface area contributed by atoms with E-state index < -0.39 is 0 Å². The van der Waals surface area contributed by atoms with Crippen molar-refractivity contribution in [3.05, 3.63) is 30.3 Å². The van der Waals surface area contributed by atoms with Crippen LogP contribution < -0.4 is 10.2 Å². The van der Waals surface area contributed by atoms with Crippen molar-refractivity contribution in [1.29, 1.82) is 0 Å². The average molecular weight is 390 g/mol. The van der Waals surface area contributed by atoms with Crippen molar-refractivity contribution in [3.8, 4) is 5.69 Å². The van der Waals surface area contributed by atoms with Gasteiger partial charge in [-0.3, -0.25) is 9.36 Å². The number of hydrogen-bond acceptors (Lipinski definition) is 6. The third-order valence-electron chi connectivity index (χ3n) is 4.62. The molecule has 146 valence electrons. The minimum Gasteiger partial charge on any atom is -0.378 e. The number of morpholine rings is 1. The number of para-hydroxylation sites is 1. The molecule has 0 saturated carbocycles. The SMILES string of the molecule is CCC(C)(C)NC(=O)CSc1nnc(N2CCOCC2)n1-c1ccccc1. The minimum absolute atomic E-state index is 0.00221. The van der Waals surface area contributed by atoms with E-state index in [9.17, 15) is 4.79 Å². The number of amides is 1. The monoisotopic (exact) mass is 389 g/mol. The zero-order chi connectivity index (χ0) is 19.3. The number of anilines is 1. The molecule has 0 aliphatic carbocycles. The summed E-state index contributed by atoms with van der Waals surface area (Å²) in [5, 5.41) is 12.6. The first-order valence-corrected chi connectivity index (χ1v) is 10.3. The number of ether oxygens (including phenoxy) is 1. The standard InChI is InChI=1S/C19H27N5O2S/c1-4-19(2,3)20-16(25)14-27-18-22-21-17(23-10-12-26-13-11-23)24(18)15-8-6-5-7-9-15/h5-9H,4,10-14H2,1-3H3,(H,20,25). The number of thioether (sulfide) groups is 1. The molecule has 0 spiro atoms. The fourth-order valence-corrected chi connectivity index (χ4v) is 3.51. The zero-order valence-corrected chi connectivity index (χ0v) is 17.0. The molecule has 0 atom stereocenters. The Morgan fingerprint density at radius 2 is 1.93 bits per heavy atom. The van der Waals surface area contributed by atoms with Crippen molar-refractivity contribution in [3.63, 3.8) is 0 Å². The molecule has 0 bridgehead atoms. The summed E-state index contributed by atoms with van der Waals surface area (Å²) in [6, 6.07) is 10.0. The summed E-state index contributed by atoms with van der Waals surface area (Å²) in [5.74, 6) is 1.10. The lowest BCUT2D eigenvalue weighted by molar-refractivity contribution is -0.120. The molecule has 1 aromatic heterocycles. The highest BCUT2D eigenvalue weighted by Gasteiger charge is 2.23. The van der Waals surface area contributed by atoms with Crippen LogP contribution in [0.25, 0.3) is 5.69 Å². The van der Waals surface area contributed by atoms with Gasteiger partial charge in [-0.15, -0.1) is 10.2 Å². The maximum Gasteiger partial charge on any atom is 0.232 e. The van der Waals surface area contributed by atoms with Gasteiger partial charge >= 0.3 is 0 Å². The van der Waals surface area contributed by atoms with Gasteiger partial charge in [0.1, 0.15) is 0 Å². The molecule has 2 heterocycles. The van der Waals surface area contributed by atoms with Crippen molar-refractivity contribution in [2.75, 3.05) is 37.0 Å². The second-order valence-corrected chi connectivity index (χ2v) is 8.07. The van der Waals surface area contributed by atoms with Crippen molar-refractivity contribution >= 4 is 23.6 Å². The van der Waals surface area contributed by atoms with Crippen molar-refractivity contribution in [1.82, 2.24) is 20.1 Å². The van der Waals surface area contributed by atoms with Crippen LogP contribution in [0.15, 0.2) is 35.5 Å². The fourth-order valence-electron chi connectivity index (χ4n) is 2.76. The number of nitrogens with one attached hydrogen (secondary N) is 1. The maximum absolute atomic E-state index is 12.3. The van der Waals surface area contributed by atoms with Gasteiger partial charge in [-0.1, -0.05) is 36.9 Å². The van der Waals surface area contributed by atoms with E-state index in [1.807, 2.05) is 48.7 Å². The Bertz CT molecular complexity index is 757. The number of aromatic nitrogens is 3. The summed E-state index contributed by atoms with van der Waals surface area (Å²) in [6.07, 6.45) is 0.880. The molecule has 1 aliphatic heterocycles. The van der Waals surface area contributed by atoms with Crippen molar-refractivity contribution in [2.24, 2.45) is 0 Å². The third kappa shape index (κ3) is 5.01. The van der Waals surface area contributed by atoms with Gasteiger partial charge in [-0.25, -0.2) is 0 Å². The molecule has 1 N–H and O–H groups in total. The summed E-state index contributed by atoms with van der Waals surface area (Å²) in [4.78, 5) is 14.5. The van der Waals surface area contributed by atoms with E-state index in [1.54, 1.807) is 0 Å². The first-order chi connectivity index (χ1) is 13.0. The first kappa shape index (κ1) is 19.7. The lowest BCUT2D eigenvalue weighted by Crippen LogP contribution is -2.43. The van der Waals surface area contributed by atoms with Crippen LogP contribution in [0.3, 0.4) is 0 Å². The Hall–Kier alpha value is -2.06. The van der Waals surface area contributed by atoms with Gasteiger partial charge in [0.25, 0.3) is 0 Å². The van der Waals surface area contributed by atoms with Gasteiger partial charge in [-0.2, -0.15) is 0 Å². The number of hydrogen-bond donors (Lipinski definition) is 1. The number of benzene rings is 1. The van der Waals surface area contributed by atoms with Crippen LogP contribution in [0.2, 0.25) is 0 Å². The Morgan fingerprint density at radius 1 is 1.22 bits per heavy atom. The Kier molecular flexibility index (Phi) is 6.38. The molecule has 0 unspecified atom stereocenters. The molecule has 8 heteroatoms. The average Bonchev–Trinajstić information content (AvgIpc) is 3.11. The highest BCUT2D eigenvalue weighted by atomic mass is 32.2. The molecule has 1 fully saturated rings. The number of carbonyl (C=O) groups excluding carboxylic acids is 1. The van der Waals surface area contributed by atoms with Crippen LogP contribution in [0.5, 0.6) is 0 Å². The Balaban J connectivity index is 1.80. The molecule has 0 radical (unpaired) electrons. The fraction of sp³-hybridized carbons (Fsp3) is 0.526. The van der Waals surface area contributed by atoms with Gasteiger partial charge in [-0.05, 0) is 32.4 Å². The predicted molar refractivity (Wildman–Crippen MR) is 108 cm³/mol. The second-order valence-electron chi connectivity index (χ2n) is 7.13. The van der Waals surface area contributed by atoms with Crippen LogP contribution >= 0.6 is 11.8 Å². The first-order valence-electron chi connectivity index (χ1n) is 9.27. The quantitative estimate of drug-likeness (QED) is 0.734. The zero-order valence-electron chi connectivity index (χ0n) is 16.1. The summed E-state index contributed by atoms with van der Waals surface area (Å²) in [6.45, 7) is 9.03. The van der Waals surface area contributed by atoms with Gasteiger partial charge in [0.2, 0.25) is 11.9 Å². The van der Waals surface area contributed by atoms with E-state index in [0.717, 1.165) is 31.1 Å². The van der Waals surface area contributed by atoms with Gasteiger partial charge in [0.05, 0.1) is 24.7 Å². The van der Waals surface area contributed by atoms with E-state index >= 15 is 0 Å². The molecular weight excluding hydrogens is 362 g/mol. The molecule has 3 rings (SSSR count). The Labute approximate surface area is 164 Å². The van der Waals surface area contributed by atoms with Crippen molar-refractivity contribution < 1.29 is 9.53 Å². The number of nitrogens with zero attached hydrogens (tertiary/aromatic N) is 4. The van der Waals surface area contributed by atoms with Crippen LogP contribution in [-0.2, 0) is 9.53 Å². The summed E-state index contributed by atoms with van der Waals surface area (Å²) in [5.41, 5.74) is 0.782. The number of rotatable bonds is 7. The van der Waals surface area contributed by atoms with E-state index in [4.69, 9.17) is 4.74 Å². The van der Waals surface area contributed by atoms with E-state index in [2.05, 4.69) is 27.3 Å². The minimum atomic E-state index is -0.205. The predicted octanol–water partition coefficient (Wildman–Crippen LogP) is 2.50. The second kappa shape index (κ2) is 8.75. The highest BCUT2D eigenvalue weighted by Crippen LogP contribution is 2.27. The summed E-state index contributed by atoms with van der Waals surface area (Å²) in [7, 11) is 0. The highest BCUT2D eigenvalue weighted by molar-refractivity contribution is 7.99. The third-order valence-corrected chi connectivity index (χ3v) is 5.55. The van der Waals surface area contributed by atoms with Gasteiger partial charge in [0, 0.05) is 18.6 Å².